The number of hydrogen-bond acceptors (Lipinski definition) is 5. The zero-order valence-corrected chi connectivity index (χ0v) is 19.3. The summed E-state index contributed by atoms with van der Waals surface area (Å²) in [6, 6.07) is 11.9. The Labute approximate surface area is 190 Å². The number of pyridine rings is 1. The van der Waals surface area contributed by atoms with Crippen LogP contribution in [0.1, 0.15) is 32.3 Å². The number of anilines is 2. The standard InChI is InChI=1S/C25H32BFN4O/c1-16(2)29-24-14-21-19(15-28-24)12-18(25-17(3)6-5-7-22(25)27)13-23(21)30-20-8-10-31(11-9-20)26(4)32/h5-7,12-16,20,30,32H,8-11H2,1-4H3,(H,28,29). The van der Waals surface area contributed by atoms with E-state index in [2.05, 4.69) is 46.4 Å². The SMILES string of the molecule is CB(O)N1CCC(Nc2cc(-c3c(C)cccc3F)cc3cnc(NC(C)C)cc23)CC1. The molecular weight excluding hydrogens is 402 g/mol. The number of aromatic nitrogens is 1. The van der Waals surface area contributed by atoms with Gasteiger partial charge in [-0.2, -0.15) is 0 Å². The molecule has 0 amide bonds. The molecule has 0 aliphatic carbocycles. The van der Waals surface area contributed by atoms with Crippen LogP contribution in [0.15, 0.2) is 42.6 Å². The fourth-order valence-corrected chi connectivity index (χ4v) is 4.53. The fraction of sp³-hybridized carbons (Fsp3) is 0.400. The number of nitrogens with zero attached hydrogens (tertiary/aromatic N) is 2. The lowest BCUT2D eigenvalue weighted by atomic mass is 9.82. The van der Waals surface area contributed by atoms with Crippen molar-refractivity contribution >= 4 is 29.3 Å². The van der Waals surface area contributed by atoms with E-state index in [9.17, 15) is 9.41 Å². The zero-order valence-electron chi connectivity index (χ0n) is 19.3. The van der Waals surface area contributed by atoms with Crippen LogP contribution in [0.2, 0.25) is 6.82 Å². The van der Waals surface area contributed by atoms with E-state index >= 15 is 0 Å². The van der Waals surface area contributed by atoms with Gasteiger partial charge in [0.15, 0.2) is 0 Å². The lowest BCUT2D eigenvalue weighted by Crippen LogP contribution is -2.45. The summed E-state index contributed by atoms with van der Waals surface area (Å²) >= 11 is 0. The van der Waals surface area contributed by atoms with Gasteiger partial charge in [-0.05, 0) is 88.9 Å². The molecule has 0 saturated carbocycles. The minimum absolute atomic E-state index is 0.216. The monoisotopic (exact) mass is 434 g/mol. The van der Waals surface area contributed by atoms with Crippen LogP contribution in [0.5, 0.6) is 0 Å². The first-order chi connectivity index (χ1) is 15.3. The maximum atomic E-state index is 14.8. The Morgan fingerprint density at radius 2 is 1.94 bits per heavy atom. The van der Waals surface area contributed by atoms with Gasteiger partial charge in [0.1, 0.15) is 11.6 Å². The molecule has 3 aromatic rings. The van der Waals surface area contributed by atoms with Crippen molar-refractivity contribution in [2.24, 2.45) is 0 Å². The molecule has 168 valence electrons. The van der Waals surface area contributed by atoms with Gasteiger partial charge in [-0.25, -0.2) is 9.37 Å². The highest BCUT2D eigenvalue weighted by Gasteiger charge is 2.24. The Morgan fingerprint density at radius 3 is 2.59 bits per heavy atom. The topological polar surface area (TPSA) is 60.4 Å². The van der Waals surface area contributed by atoms with E-state index in [-0.39, 0.29) is 11.9 Å². The number of benzene rings is 2. The number of halogens is 1. The second kappa shape index (κ2) is 9.47. The van der Waals surface area contributed by atoms with Crippen molar-refractivity contribution in [2.75, 3.05) is 23.7 Å². The molecule has 32 heavy (non-hydrogen) atoms. The predicted molar refractivity (Wildman–Crippen MR) is 133 cm³/mol. The Morgan fingerprint density at radius 1 is 1.19 bits per heavy atom. The molecule has 1 aliphatic heterocycles. The lowest BCUT2D eigenvalue weighted by molar-refractivity contribution is 0.298. The fourth-order valence-electron chi connectivity index (χ4n) is 4.53. The van der Waals surface area contributed by atoms with Crippen LogP contribution < -0.4 is 10.6 Å². The van der Waals surface area contributed by atoms with Gasteiger partial charge in [-0.3, -0.25) is 0 Å². The van der Waals surface area contributed by atoms with Gasteiger partial charge in [0.2, 0.25) is 0 Å². The Hall–Kier alpha value is -2.64. The first-order valence-corrected chi connectivity index (χ1v) is 11.5. The molecule has 1 fully saturated rings. The first-order valence-electron chi connectivity index (χ1n) is 11.5. The molecule has 0 unspecified atom stereocenters. The van der Waals surface area contributed by atoms with Crippen LogP contribution in [0.4, 0.5) is 15.9 Å². The largest absolute Gasteiger partial charge is 0.437 e. The summed E-state index contributed by atoms with van der Waals surface area (Å²) in [5.74, 6) is 0.612. The summed E-state index contributed by atoms with van der Waals surface area (Å²) in [5, 5.41) is 19.0. The van der Waals surface area contributed by atoms with E-state index in [1.165, 1.54) is 6.07 Å². The molecule has 5 nitrogen and oxygen atoms in total. The van der Waals surface area contributed by atoms with E-state index in [4.69, 9.17) is 0 Å². The number of fused-ring (bicyclic) bond motifs is 1. The van der Waals surface area contributed by atoms with Crippen LogP contribution in [0.3, 0.4) is 0 Å². The third-order valence-corrected chi connectivity index (χ3v) is 6.20. The predicted octanol–water partition coefficient (Wildman–Crippen LogP) is 5.16. The third-order valence-electron chi connectivity index (χ3n) is 6.20. The van der Waals surface area contributed by atoms with E-state index in [1.54, 1.807) is 6.07 Å². The second-order valence-electron chi connectivity index (χ2n) is 9.13. The molecule has 0 spiro atoms. The molecule has 1 aromatic heterocycles. The van der Waals surface area contributed by atoms with Crippen LogP contribution >= 0.6 is 0 Å². The van der Waals surface area contributed by atoms with Crippen LogP contribution in [-0.4, -0.2) is 47.0 Å². The van der Waals surface area contributed by atoms with Gasteiger partial charge < -0.3 is 20.5 Å². The number of rotatable bonds is 6. The summed E-state index contributed by atoms with van der Waals surface area (Å²) in [6.45, 7) is 9.63. The van der Waals surface area contributed by atoms with Crippen molar-refractivity contribution in [3.05, 3.63) is 54.0 Å². The normalized spacial score (nSPS) is 15.3. The molecule has 2 heterocycles. The van der Waals surface area contributed by atoms with Crippen molar-refractivity contribution in [3.63, 3.8) is 0 Å². The quantitative estimate of drug-likeness (QED) is 0.468. The molecule has 4 rings (SSSR count). The zero-order chi connectivity index (χ0) is 22.8. The Bertz CT molecular complexity index is 1080. The van der Waals surface area contributed by atoms with Gasteiger partial charge >= 0.3 is 7.05 Å². The summed E-state index contributed by atoms with van der Waals surface area (Å²) in [4.78, 5) is 6.66. The highest BCUT2D eigenvalue weighted by Crippen LogP contribution is 2.35. The van der Waals surface area contributed by atoms with Crippen molar-refractivity contribution in [1.82, 2.24) is 9.79 Å². The maximum absolute atomic E-state index is 14.8. The van der Waals surface area contributed by atoms with Gasteiger partial charge in [-0.15, -0.1) is 0 Å². The molecular formula is C25H32BFN4O. The highest BCUT2D eigenvalue weighted by molar-refractivity contribution is 6.45. The lowest BCUT2D eigenvalue weighted by Gasteiger charge is -2.33. The molecule has 2 aromatic carbocycles. The summed E-state index contributed by atoms with van der Waals surface area (Å²) in [7, 11) is -0.417. The van der Waals surface area contributed by atoms with E-state index < -0.39 is 7.05 Å². The van der Waals surface area contributed by atoms with Gasteiger partial charge in [0.05, 0.1) is 0 Å². The van der Waals surface area contributed by atoms with Gasteiger partial charge in [-0.1, -0.05) is 12.1 Å². The summed E-state index contributed by atoms with van der Waals surface area (Å²) in [6.07, 6.45) is 3.75. The molecule has 7 heteroatoms. The Kier molecular flexibility index (Phi) is 6.67. The van der Waals surface area contributed by atoms with Gasteiger partial charge in [0.25, 0.3) is 0 Å². The van der Waals surface area contributed by atoms with Crippen molar-refractivity contribution < 1.29 is 9.41 Å². The minimum Gasteiger partial charge on any atom is -0.437 e. The van der Waals surface area contributed by atoms with E-state index in [1.807, 2.05) is 32.1 Å². The van der Waals surface area contributed by atoms with Crippen LogP contribution in [0.25, 0.3) is 21.9 Å². The molecule has 3 N–H and O–H groups in total. The van der Waals surface area contributed by atoms with E-state index in [0.29, 0.717) is 11.6 Å². The van der Waals surface area contributed by atoms with Crippen LogP contribution in [0, 0.1) is 12.7 Å². The number of nitrogens with one attached hydrogen (secondary N) is 2. The van der Waals surface area contributed by atoms with Crippen molar-refractivity contribution in [1.29, 1.82) is 0 Å². The summed E-state index contributed by atoms with van der Waals surface area (Å²) in [5.41, 5.74) is 3.38. The number of hydrogen-bond donors (Lipinski definition) is 3. The number of aryl methyl sites for hydroxylation is 1. The summed E-state index contributed by atoms with van der Waals surface area (Å²) < 4.78 is 14.8. The second-order valence-corrected chi connectivity index (χ2v) is 9.13. The van der Waals surface area contributed by atoms with E-state index in [0.717, 1.165) is 59.3 Å². The van der Waals surface area contributed by atoms with Crippen molar-refractivity contribution in [2.45, 2.75) is 52.5 Å². The molecule has 0 bridgehead atoms. The molecule has 0 atom stereocenters. The smallest absolute Gasteiger partial charge is 0.376 e. The number of piperidine rings is 1. The minimum atomic E-state index is -0.417. The Balaban J connectivity index is 1.75. The average molecular weight is 434 g/mol. The third kappa shape index (κ3) is 4.89. The van der Waals surface area contributed by atoms with Crippen LogP contribution in [-0.2, 0) is 0 Å². The molecule has 0 radical (unpaired) electrons. The van der Waals surface area contributed by atoms with Crippen molar-refractivity contribution in [3.8, 4) is 11.1 Å². The maximum Gasteiger partial charge on any atom is 0.376 e. The van der Waals surface area contributed by atoms with Gasteiger partial charge in [0, 0.05) is 40.3 Å². The highest BCUT2D eigenvalue weighted by atomic mass is 19.1. The average Bonchev–Trinajstić information content (AvgIpc) is 2.74. The molecule has 1 saturated heterocycles. The molecule has 1 aliphatic rings. The first kappa shape index (κ1) is 22.6.